The van der Waals surface area contributed by atoms with Gasteiger partial charge in [0.05, 0.1) is 4.24 Å². The molecule has 1 heterocycles. The summed E-state index contributed by atoms with van der Waals surface area (Å²) in [7, 11) is 0. The molecule has 0 amide bonds. The SMILES string of the molecule is O=C(C(=C1SCCS1)C(F)(F)F)c1cccc(Br)c1. The molecule has 102 valence electrons. The van der Waals surface area contributed by atoms with Crippen molar-refractivity contribution in [3.63, 3.8) is 0 Å². The maximum absolute atomic E-state index is 13.1. The molecule has 1 saturated heterocycles. The highest BCUT2D eigenvalue weighted by atomic mass is 79.9. The number of hydrogen-bond acceptors (Lipinski definition) is 3. The molecule has 1 fully saturated rings. The average Bonchev–Trinajstić information content (AvgIpc) is 2.80. The first-order valence-corrected chi connectivity index (χ1v) is 8.03. The number of Topliss-reactive ketones (excluding diaryl/α,β-unsaturated/α-hetero) is 1. The quantitative estimate of drug-likeness (QED) is 0.546. The van der Waals surface area contributed by atoms with Crippen molar-refractivity contribution >= 4 is 45.2 Å². The van der Waals surface area contributed by atoms with Gasteiger partial charge in [-0.2, -0.15) is 13.2 Å². The highest BCUT2D eigenvalue weighted by Gasteiger charge is 2.42. The van der Waals surface area contributed by atoms with Crippen molar-refractivity contribution in [1.29, 1.82) is 0 Å². The summed E-state index contributed by atoms with van der Waals surface area (Å²) < 4.78 is 39.9. The van der Waals surface area contributed by atoms with Crippen LogP contribution in [0.15, 0.2) is 38.5 Å². The number of ketones is 1. The van der Waals surface area contributed by atoms with Gasteiger partial charge in [0, 0.05) is 21.5 Å². The van der Waals surface area contributed by atoms with E-state index < -0.39 is 17.5 Å². The average molecular weight is 369 g/mol. The van der Waals surface area contributed by atoms with Gasteiger partial charge in [-0.25, -0.2) is 0 Å². The van der Waals surface area contributed by atoms with Gasteiger partial charge in [-0.3, -0.25) is 4.79 Å². The number of rotatable bonds is 2. The number of allylic oxidation sites excluding steroid dienone is 1. The van der Waals surface area contributed by atoms with Crippen molar-refractivity contribution in [2.45, 2.75) is 6.18 Å². The molecule has 0 bridgehead atoms. The lowest BCUT2D eigenvalue weighted by molar-refractivity contribution is -0.0887. The molecule has 19 heavy (non-hydrogen) atoms. The second kappa shape index (κ2) is 5.93. The molecule has 0 atom stereocenters. The van der Waals surface area contributed by atoms with Gasteiger partial charge in [0.1, 0.15) is 5.57 Å². The zero-order chi connectivity index (χ0) is 14.0. The van der Waals surface area contributed by atoms with Crippen molar-refractivity contribution in [3.05, 3.63) is 44.1 Å². The molecular formula is C12H8BrF3OS2. The Morgan fingerprint density at radius 3 is 2.37 bits per heavy atom. The first-order valence-electron chi connectivity index (χ1n) is 5.27. The fourth-order valence-corrected chi connectivity index (χ4v) is 4.54. The first kappa shape index (κ1) is 15.0. The van der Waals surface area contributed by atoms with Gasteiger partial charge in [0.25, 0.3) is 0 Å². The van der Waals surface area contributed by atoms with Gasteiger partial charge in [0.2, 0.25) is 0 Å². The largest absolute Gasteiger partial charge is 0.421 e. The summed E-state index contributed by atoms with van der Waals surface area (Å²) in [6.45, 7) is 0. The van der Waals surface area contributed by atoms with Gasteiger partial charge in [-0.15, -0.1) is 23.5 Å². The van der Waals surface area contributed by atoms with E-state index in [4.69, 9.17) is 0 Å². The highest BCUT2D eigenvalue weighted by molar-refractivity contribution is 9.10. The summed E-state index contributed by atoms with van der Waals surface area (Å²) in [6, 6.07) is 6.00. The topological polar surface area (TPSA) is 17.1 Å². The molecule has 0 aromatic heterocycles. The lowest BCUT2D eigenvalue weighted by Gasteiger charge is -2.13. The van der Waals surface area contributed by atoms with Crippen LogP contribution in [0.25, 0.3) is 0 Å². The standard InChI is InChI=1S/C12H8BrF3OS2/c13-8-3-1-2-7(6-8)10(17)9(12(14,15)16)11-18-4-5-19-11/h1-3,6H,4-5H2. The number of halogens is 4. The van der Waals surface area contributed by atoms with E-state index in [9.17, 15) is 18.0 Å². The molecule has 1 aromatic rings. The van der Waals surface area contributed by atoms with Crippen LogP contribution in [0.2, 0.25) is 0 Å². The van der Waals surface area contributed by atoms with Crippen LogP contribution < -0.4 is 0 Å². The number of hydrogen-bond donors (Lipinski definition) is 0. The predicted molar refractivity (Wildman–Crippen MR) is 76.5 cm³/mol. The van der Waals surface area contributed by atoms with E-state index in [1.54, 1.807) is 12.1 Å². The molecule has 1 nitrogen and oxygen atoms in total. The van der Waals surface area contributed by atoms with Crippen LogP contribution >= 0.6 is 39.5 Å². The molecular weight excluding hydrogens is 361 g/mol. The molecule has 7 heteroatoms. The van der Waals surface area contributed by atoms with Crippen molar-refractivity contribution in [3.8, 4) is 0 Å². The van der Waals surface area contributed by atoms with E-state index in [-0.39, 0.29) is 9.80 Å². The molecule has 0 N–H and O–H groups in total. The van der Waals surface area contributed by atoms with Crippen molar-refractivity contribution in [2.75, 3.05) is 11.5 Å². The number of benzene rings is 1. The first-order chi connectivity index (χ1) is 8.89. The van der Waals surface area contributed by atoms with Crippen molar-refractivity contribution in [1.82, 2.24) is 0 Å². The second-order valence-electron chi connectivity index (χ2n) is 3.70. The van der Waals surface area contributed by atoms with Gasteiger partial charge in [-0.1, -0.05) is 28.1 Å². The van der Waals surface area contributed by atoms with Crippen molar-refractivity contribution in [2.24, 2.45) is 0 Å². The Kier molecular flexibility index (Phi) is 4.68. The Morgan fingerprint density at radius 1 is 1.21 bits per heavy atom. The third-order valence-electron chi connectivity index (χ3n) is 2.35. The van der Waals surface area contributed by atoms with E-state index in [1.165, 1.54) is 12.1 Å². The zero-order valence-corrected chi connectivity index (χ0v) is 12.7. The van der Waals surface area contributed by atoms with Crippen LogP contribution in [0, 0.1) is 0 Å². The highest BCUT2D eigenvalue weighted by Crippen LogP contribution is 2.44. The summed E-state index contributed by atoms with van der Waals surface area (Å²) in [5, 5.41) is 0. The lowest BCUT2D eigenvalue weighted by atomic mass is 10.0. The van der Waals surface area contributed by atoms with Crippen molar-refractivity contribution < 1.29 is 18.0 Å². The van der Waals surface area contributed by atoms with Gasteiger partial charge < -0.3 is 0 Å². The molecule has 1 aliphatic rings. The molecule has 0 unspecified atom stereocenters. The summed E-state index contributed by atoms with van der Waals surface area (Å²) in [6.07, 6.45) is -4.63. The maximum Gasteiger partial charge on any atom is 0.421 e. The smallest absolute Gasteiger partial charge is 0.289 e. The molecule has 0 spiro atoms. The molecule has 2 rings (SSSR count). The van der Waals surface area contributed by atoms with Gasteiger partial charge in [-0.05, 0) is 12.1 Å². The molecule has 0 saturated carbocycles. The number of thioether (sulfide) groups is 2. The van der Waals surface area contributed by atoms with Crippen LogP contribution in [0.3, 0.4) is 0 Å². The summed E-state index contributed by atoms with van der Waals surface area (Å²) in [5.41, 5.74) is -1.000. The normalized spacial score (nSPS) is 15.7. The Hall–Kier alpha value is -0.400. The van der Waals surface area contributed by atoms with Crippen LogP contribution in [-0.4, -0.2) is 23.5 Å². The van der Waals surface area contributed by atoms with E-state index in [0.717, 1.165) is 23.5 Å². The van der Waals surface area contributed by atoms with Crippen LogP contribution in [-0.2, 0) is 0 Å². The van der Waals surface area contributed by atoms with Gasteiger partial charge >= 0.3 is 6.18 Å². The van der Waals surface area contributed by atoms with Crippen LogP contribution in [0.5, 0.6) is 0 Å². The summed E-state index contributed by atoms with van der Waals surface area (Å²) in [4.78, 5) is 12.1. The van der Waals surface area contributed by atoms with Crippen LogP contribution in [0.4, 0.5) is 13.2 Å². The lowest BCUT2D eigenvalue weighted by Crippen LogP contribution is -2.21. The van der Waals surface area contributed by atoms with E-state index in [0.29, 0.717) is 16.0 Å². The summed E-state index contributed by atoms with van der Waals surface area (Å²) in [5.74, 6) is 0.238. The Morgan fingerprint density at radius 2 is 1.84 bits per heavy atom. The minimum atomic E-state index is -4.63. The molecule has 1 aliphatic heterocycles. The Bertz CT molecular complexity index is 532. The Balaban J connectivity index is 2.45. The summed E-state index contributed by atoms with van der Waals surface area (Å²) >= 11 is 5.34. The molecule has 0 aliphatic carbocycles. The fourth-order valence-electron chi connectivity index (χ4n) is 1.57. The number of alkyl halides is 3. The maximum atomic E-state index is 13.1. The zero-order valence-electron chi connectivity index (χ0n) is 9.46. The van der Waals surface area contributed by atoms with E-state index in [1.807, 2.05) is 0 Å². The third kappa shape index (κ3) is 3.58. The van der Waals surface area contributed by atoms with E-state index in [2.05, 4.69) is 15.9 Å². The minimum Gasteiger partial charge on any atom is -0.289 e. The third-order valence-corrected chi connectivity index (χ3v) is 5.56. The fraction of sp³-hybridized carbons (Fsp3) is 0.250. The second-order valence-corrected chi connectivity index (χ2v) is 7.08. The number of carbonyl (C=O) groups is 1. The van der Waals surface area contributed by atoms with Gasteiger partial charge in [0.15, 0.2) is 5.78 Å². The number of carbonyl (C=O) groups excluding carboxylic acids is 1. The molecule has 1 aromatic carbocycles. The predicted octanol–water partition coefficient (Wildman–Crippen LogP) is 4.89. The minimum absolute atomic E-state index is 0.0438. The monoisotopic (exact) mass is 368 g/mol. The Labute approximate surface area is 125 Å². The van der Waals surface area contributed by atoms with Crippen LogP contribution in [0.1, 0.15) is 10.4 Å². The van der Waals surface area contributed by atoms with E-state index >= 15 is 0 Å². The molecule has 0 radical (unpaired) electrons.